The van der Waals surface area contributed by atoms with Crippen LogP contribution in [0.5, 0.6) is 5.75 Å². The number of H-pyrrole nitrogens is 1. The average molecular weight is 583 g/mol. The number of fused-ring (bicyclic) bond motifs is 1. The molecule has 0 unspecified atom stereocenters. The van der Waals surface area contributed by atoms with Crippen LogP contribution in [0.1, 0.15) is 18.4 Å². The first kappa shape index (κ1) is 28.7. The van der Waals surface area contributed by atoms with Crippen molar-refractivity contribution in [2.24, 2.45) is 0 Å². The van der Waals surface area contributed by atoms with Gasteiger partial charge in [0.05, 0.1) is 30.4 Å². The highest BCUT2D eigenvalue weighted by Gasteiger charge is 2.36. The van der Waals surface area contributed by atoms with Crippen LogP contribution >= 0.6 is 7.14 Å². The molecular weight excluding hydrogens is 548 g/mol. The van der Waals surface area contributed by atoms with E-state index >= 15 is 0 Å². The van der Waals surface area contributed by atoms with E-state index in [0.29, 0.717) is 29.8 Å². The van der Waals surface area contributed by atoms with Crippen LogP contribution < -0.4 is 20.7 Å². The number of nitrogens with zero attached hydrogens (tertiary/aromatic N) is 3. The molecule has 10 nitrogen and oxygen atoms in total. The minimum absolute atomic E-state index is 0.0226. The number of ether oxygens (including phenoxy) is 3. The van der Waals surface area contributed by atoms with Crippen molar-refractivity contribution >= 4 is 40.9 Å². The monoisotopic (exact) mass is 582 g/mol. The van der Waals surface area contributed by atoms with E-state index < -0.39 is 18.9 Å². The van der Waals surface area contributed by atoms with Gasteiger partial charge in [-0.2, -0.15) is 23.1 Å². The molecule has 0 amide bonds. The zero-order valence-electron chi connectivity index (χ0n) is 22.5. The van der Waals surface area contributed by atoms with Crippen molar-refractivity contribution in [3.8, 4) is 5.75 Å². The Morgan fingerprint density at radius 1 is 1.18 bits per heavy atom. The van der Waals surface area contributed by atoms with Crippen molar-refractivity contribution in [2.45, 2.75) is 25.1 Å². The summed E-state index contributed by atoms with van der Waals surface area (Å²) >= 11 is 0. The summed E-state index contributed by atoms with van der Waals surface area (Å²) in [4.78, 5) is 13.6. The zero-order valence-corrected chi connectivity index (χ0v) is 23.4. The van der Waals surface area contributed by atoms with Gasteiger partial charge in [-0.05, 0) is 31.0 Å². The van der Waals surface area contributed by atoms with Crippen LogP contribution in [0.25, 0.3) is 11.0 Å². The van der Waals surface area contributed by atoms with Gasteiger partial charge < -0.3 is 34.4 Å². The van der Waals surface area contributed by atoms with Crippen LogP contribution in [0, 0.1) is 0 Å². The molecule has 0 aliphatic carbocycles. The summed E-state index contributed by atoms with van der Waals surface area (Å²) in [5.41, 5.74) is -0.326. The molecule has 5 rings (SSSR count). The number of aromatic amines is 1. The molecule has 0 spiro atoms. The quantitative estimate of drug-likeness (QED) is 0.252. The van der Waals surface area contributed by atoms with Gasteiger partial charge in [-0.25, -0.2) is 0 Å². The number of hydrogen-bond donors (Lipinski definition) is 3. The minimum atomic E-state index is -4.58. The third-order valence-electron chi connectivity index (χ3n) is 7.54. The lowest BCUT2D eigenvalue weighted by molar-refractivity contribution is -0.136. The Labute approximate surface area is 230 Å². The number of anilines is 3. The number of halogens is 3. The predicted molar refractivity (Wildman–Crippen MR) is 148 cm³/mol. The molecule has 1 aromatic carbocycles. The standard InChI is InChI=1S/C26H34F3N6O4P/c1-37-12-7-30-23-22-19(26(27,28)29)16-31-24(22)34-25(33-23)32-20-4-3-18(15-21(20)38-2)40(36)13-8-35(9-14-40)17-5-10-39-11-6-17/h3-4,15-17H,5-14H2,1-2H3,(H3,30,31,32,33,34). The Kier molecular flexibility index (Phi) is 8.55. The van der Waals surface area contributed by atoms with E-state index in [1.54, 1.807) is 12.1 Å². The molecule has 0 saturated carbocycles. The number of hydrogen-bond acceptors (Lipinski definition) is 9. The van der Waals surface area contributed by atoms with Crippen molar-refractivity contribution in [1.82, 2.24) is 19.9 Å². The Hall–Kier alpha value is -2.86. The smallest absolute Gasteiger partial charge is 0.418 e. The van der Waals surface area contributed by atoms with Gasteiger partial charge in [0, 0.05) is 69.8 Å². The van der Waals surface area contributed by atoms with Crippen molar-refractivity contribution in [1.29, 1.82) is 0 Å². The van der Waals surface area contributed by atoms with E-state index in [-0.39, 0.29) is 36.0 Å². The second kappa shape index (κ2) is 11.9. The Morgan fingerprint density at radius 3 is 2.60 bits per heavy atom. The third-order valence-corrected chi connectivity index (χ3v) is 10.6. The van der Waals surface area contributed by atoms with Crippen molar-refractivity contribution < 1.29 is 31.9 Å². The molecule has 4 heterocycles. The molecule has 0 radical (unpaired) electrons. The van der Waals surface area contributed by atoms with Gasteiger partial charge in [0.1, 0.15) is 24.4 Å². The van der Waals surface area contributed by atoms with E-state index in [4.69, 9.17) is 14.2 Å². The molecule has 218 valence electrons. The Bertz CT molecular complexity index is 1370. The highest BCUT2D eigenvalue weighted by Crippen LogP contribution is 2.48. The van der Waals surface area contributed by atoms with Gasteiger partial charge in [-0.1, -0.05) is 0 Å². The second-order valence-electron chi connectivity index (χ2n) is 9.96. The fourth-order valence-electron chi connectivity index (χ4n) is 5.35. The molecule has 3 N–H and O–H groups in total. The lowest BCUT2D eigenvalue weighted by Crippen LogP contribution is -2.45. The highest BCUT2D eigenvalue weighted by molar-refractivity contribution is 7.71. The number of rotatable bonds is 9. The van der Waals surface area contributed by atoms with Gasteiger partial charge in [0.15, 0.2) is 0 Å². The molecule has 2 aromatic heterocycles. The molecule has 40 heavy (non-hydrogen) atoms. The summed E-state index contributed by atoms with van der Waals surface area (Å²) in [7, 11) is 0.400. The fourth-order valence-corrected chi connectivity index (χ4v) is 7.94. The van der Waals surface area contributed by atoms with Crippen LogP contribution in [0.3, 0.4) is 0 Å². The maximum atomic E-state index is 13.9. The number of aromatic nitrogens is 3. The zero-order chi connectivity index (χ0) is 28.3. The molecule has 2 fully saturated rings. The molecule has 0 atom stereocenters. The summed E-state index contributed by atoms with van der Waals surface area (Å²) in [6.45, 7) is 3.66. The van der Waals surface area contributed by atoms with E-state index in [9.17, 15) is 17.7 Å². The average Bonchev–Trinajstić information content (AvgIpc) is 3.39. The summed E-state index contributed by atoms with van der Waals surface area (Å²) in [6.07, 6.45) is -0.474. The first-order valence-electron chi connectivity index (χ1n) is 13.3. The number of nitrogens with one attached hydrogen (secondary N) is 3. The number of benzene rings is 1. The molecular formula is C26H34F3N6O4P. The Balaban J connectivity index is 1.37. The van der Waals surface area contributed by atoms with E-state index in [2.05, 4.69) is 30.5 Å². The van der Waals surface area contributed by atoms with Gasteiger partial charge >= 0.3 is 6.18 Å². The molecule has 2 aliphatic heterocycles. The molecule has 2 saturated heterocycles. The highest BCUT2D eigenvalue weighted by atomic mass is 31.2. The van der Waals surface area contributed by atoms with Crippen LogP contribution in [-0.2, 0) is 20.2 Å². The molecule has 2 aliphatic rings. The van der Waals surface area contributed by atoms with Crippen LogP contribution in [0.2, 0.25) is 0 Å². The fraction of sp³-hybridized carbons (Fsp3) is 0.538. The van der Waals surface area contributed by atoms with Crippen molar-refractivity contribution in [3.05, 3.63) is 30.0 Å². The summed E-state index contributed by atoms with van der Waals surface area (Å²) in [6, 6.07) is 5.84. The molecule has 0 bridgehead atoms. The summed E-state index contributed by atoms with van der Waals surface area (Å²) in [5, 5.41) is 6.57. The first-order chi connectivity index (χ1) is 19.2. The lowest BCUT2D eigenvalue weighted by Gasteiger charge is -2.39. The maximum Gasteiger partial charge on any atom is 0.418 e. The maximum absolute atomic E-state index is 13.9. The van der Waals surface area contributed by atoms with Crippen LogP contribution in [-0.4, -0.2) is 91.9 Å². The van der Waals surface area contributed by atoms with Gasteiger partial charge in [0.25, 0.3) is 0 Å². The van der Waals surface area contributed by atoms with Gasteiger partial charge in [-0.3, -0.25) is 4.90 Å². The van der Waals surface area contributed by atoms with E-state index in [1.165, 1.54) is 14.2 Å². The molecule has 3 aromatic rings. The second-order valence-corrected chi connectivity index (χ2v) is 13.2. The molecule has 14 heteroatoms. The van der Waals surface area contributed by atoms with Crippen molar-refractivity contribution in [3.63, 3.8) is 0 Å². The summed E-state index contributed by atoms with van der Waals surface area (Å²) in [5.74, 6) is 0.541. The number of alkyl halides is 3. The van der Waals surface area contributed by atoms with E-state index in [0.717, 1.165) is 50.6 Å². The third kappa shape index (κ3) is 6.07. The largest absolute Gasteiger partial charge is 0.495 e. The summed E-state index contributed by atoms with van der Waals surface area (Å²) < 4.78 is 70.9. The van der Waals surface area contributed by atoms with Crippen LogP contribution in [0.4, 0.5) is 30.6 Å². The Morgan fingerprint density at radius 2 is 1.93 bits per heavy atom. The SMILES string of the molecule is COCCNc1nc(Nc2ccc(P3(=O)CCN(C4CCOCC4)CC3)cc2OC)nc2[nH]cc(C(F)(F)F)c12. The minimum Gasteiger partial charge on any atom is -0.495 e. The van der Waals surface area contributed by atoms with Gasteiger partial charge in [0.2, 0.25) is 5.95 Å². The lowest BCUT2D eigenvalue weighted by atomic mass is 10.1. The predicted octanol–water partition coefficient (Wildman–Crippen LogP) is 4.27. The van der Waals surface area contributed by atoms with Crippen molar-refractivity contribution in [2.75, 3.05) is 76.6 Å². The normalized spacial score (nSPS) is 18.6. The topological polar surface area (TPSA) is 114 Å². The van der Waals surface area contributed by atoms with E-state index in [1.807, 2.05) is 6.07 Å². The number of methoxy groups -OCH3 is 2. The van der Waals surface area contributed by atoms with Gasteiger partial charge in [-0.15, -0.1) is 0 Å². The van der Waals surface area contributed by atoms with Crippen LogP contribution in [0.15, 0.2) is 24.4 Å². The first-order valence-corrected chi connectivity index (χ1v) is 15.3.